The van der Waals surface area contributed by atoms with Crippen molar-refractivity contribution in [2.45, 2.75) is 20.0 Å². The number of nitrogens with zero attached hydrogens (tertiary/aromatic N) is 2. The molecule has 0 spiro atoms. The summed E-state index contributed by atoms with van der Waals surface area (Å²) in [4.78, 5) is 5.91. The van der Waals surface area contributed by atoms with Gasteiger partial charge in [0.25, 0.3) is 0 Å². The van der Waals surface area contributed by atoms with Crippen molar-refractivity contribution in [1.29, 1.82) is 10.8 Å². The summed E-state index contributed by atoms with van der Waals surface area (Å²) in [5.41, 5.74) is 11.9. The molecule has 29 heavy (non-hydrogen) atoms. The number of nitrogens with one attached hydrogen (secondary N) is 2. The van der Waals surface area contributed by atoms with Crippen molar-refractivity contribution in [2.75, 3.05) is 17.2 Å². The Hall–Kier alpha value is -3.51. The second-order valence-electron chi connectivity index (χ2n) is 7.08. The molecule has 0 radical (unpaired) electrons. The predicted molar refractivity (Wildman–Crippen MR) is 117 cm³/mol. The van der Waals surface area contributed by atoms with Crippen LogP contribution in [-0.2, 0) is 17.8 Å². The average molecular weight is 385 g/mol. The minimum Gasteiger partial charge on any atom is -0.384 e. The van der Waals surface area contributed by atoms with Crippen LogP contribution >= 0.6 is 0 Å². The number of ether oxygens (including phenoxy) is 1. The maximum absolute atomic E-state index is 8.32. The first-order chi connectivity index (χ1) is 14.0. The minimum absolute atomic E-state index is 0.175. The average Bonchev–Trinajstić information content (AvgIpc) is 2.88. The van der Waals surface area contributed by atoms with E-state index in [1.165, 1.54) is 5.56 Å². The number of anilines is 2. The first-order valence-electron chi connectivity index (χ1n) is 9.45. The van der Waals surface area contributed by atoms with Crippen molar-refractivity contribution in [1.82, 2.24) is 4.98 Å². The van der Waals surface area contributed by atoms with E-state index in [1.54, 1.807) is 24.1 Å². The normalized spacial score (nSPS) is 13.7. The molecule has 0 bridgehead atoms. The van der Waals surface area contributed by atoms with Crippen LogP contribution in [0.25, 0.3) is 11.1 Å². The zero-order valence-electron chi connectivity index (χ0n) is 16.3. The van der Waals surface area contributed by atoms with E-state index in [2.05, 4.69) is 17.1 Å². The lowest BCUT2D eigenvalue weighted by Crippen LogP contribution is -2.36. The van der Waals surface area contributed by atoms with E-state index in [4.69, 9.17) is 21.3 Å². The molecule has 2 aromatic carbocycles. The van der Waals surface area contributed by atoms with Crippen LogP contribution in [-0.4, -0.2) is 23.3 Å². The fraction of sp³-hybridized carbons (Fsp3) is 0.174. The lowest BCUT2D eigenvalue weighted by atomic mass is 9.90. The molecule has 0 saturated carbocycles. The van der Waals surface area contributed by atoms with E-state index >= 15 is 0 Å². The number of benzene rings is 2. The Labute approximate surface area is 170 Å². The molecule has 0 amide bonds. The van der Waals surface area contributed by atoms with Crippen LogP contribution < -0.4 is 10.6 Å². The fourth-order valence-electron chi connectivity index (χ4n) is 3.73. The van der Waals surface area contributed by atoms with Crippen molar-refractivity contribution < 1.29 is 4.74 Å². The molecule has 6 nitrogen and oxygen atoms in total. The van der Waals surface area contributed by atoms with E-state index in [9.17, 15) is 0 Å². The molecular formula is C23H23N5O. The fourth-order valence-corrected chi connectivity index (χ4v) is 3.73. The Balaban J connectivity index is 1.93. The van der Waals surface area contributed by atoms with Crippen molar-refractivity contribution in [3.8, 4) is 11.1 Å². The Morgan fingerprint density at radius 3 is 2.59 bits per heavy atom. The Morgan fingerprint density at radius 1 is 1.10 bits per heavy atom. The first kappa shape index (κ1) is 18.8. The Bertz CT molecular complexity index is 1060. The van der Waals surface area contributed by atoms with Crippen LogP contribution in [0.4, 0.5) is 11.5 Å². The van der Waals surface area contributed by atoms with Gasteiger partial charge in [0, 0.05) is 17.3 Å². The third-order valence-corrected chi connectivity index (χ3v) is 5.06. The molecule has 4 rings (SSSR count). The maximum Gasteiger partial charge on any atom is 0.132 e. The van der Waals surface area contributed by atoms with Gasteiger partial charge in [-0.3, -0.25) is 15.7 Å². The smallest absolute Gasteiger partial charge is 0.132 e. The van der Waals surface area contributed by atoms with E-state index < -0.39 is 0 Å². The number of fused-ring (bicyclic) bond motifs is 1. The summed E-state index contributed by atoms with van der Waals surface area (Å²) in [6, 6.07) is 18.0. The number of nitrogens with two attached hydrogens (primary N) is 1. The predicted octanol–water partition coefficient (Wildman–Crippen LogP) is 4.23. The quantitative estimate of drug-likeness (QED) is 0.464. The summed E-state index contributed by atoms with van der Waals surface area (Å²) in [7, 11) is 0. The number of amidine groups is 2. The van der Waals surface area contributed by atoms with Gasteiger partial charge < -0.3 is 10.5 Å². The topological polar surface area (TPSA) is 99.1 Å². The third kappa shape index (κ3) is 3.75. The van der Waals surface area contributed by atoms with E-state index in [1.807, 2.05) is 36.4 Å². The monoisotopic (exact) mass is 385 g/mol. The number of hydrogen-bond acceptors (Lipinski definition) is 5. The Morgan fingerprint density at radius 2 is 1.90 bits per heavy atom. The van der Waals surface area contributed by atoms with Gasteiger partial charge in [-0.15, -0.1) is 0 Å². The van der Waals surface area contributed by atoms with Crippen LogP contribution in [0.1, 0.15) is 23.6 Å². The lowest BCUT2D eigenvalue weighted by Gasteiger charge is -2.25. The number of nitrogen functional groups attached to an aromatic ring is 1. The second-order valence-corrected chi connectivity index (χ2v) is 7.08. The maximum atomic E-state index is 8.32. The van der Waals surface area contributed by atoms with Crippen LogP contribution in [0.15, 0.2) is 60.8 Å². The van der Waals surface area contributed by atoms with Gasteiger partial charge in [-0.25, -0.2) is 4.98 Å². The number of hydrogen-bond donors (Lipinski definition) is 3. The number of pyridine rings is 1. The number of rotatable bonds is 3. The zero-order valence-corrected chi connectivity index (χ0v) is 16.3. The van der Waals surface area contributed by atoms with Gasteiger partial charge in [-0.2, -0.15) is 0 Å². The molecule has 146 valence electrons. The SMILES string of the molecule is CC(=N)N1C(=N)COCc2c1ccc(-c1ccc(N)nc1)c2Cc1ccccc1. The van der Waals surface area contributed by atoms with Gasteiger partial charge in [0.1, 0.15) is 24.1 Å². The van der Waals surface area contributed by atoms with Gasteiger partial charge in [-0.05, 0) is 48.2 Å². The summed E-state index contributed by atoms with van der Waals surface area (Å²) in [6.45, 7) is 2.26. The molecule has 0 atom stereocenters. The standard InChI is InChI=1S/C23H23N5O/c1-15(24)28-21-9-8-18(17-7-10-22(25)27-12-17)19(11-16-5-3-2-4-6-16)20(21)13-29-14-23(28)26/h2-10,12,24,26H,11,13-14H2,1H3,(H2,25,27). The van der Waals surface area contributed by atoms with Gasteiger partial charge in [-0.1, -0.05) is 36.4 Å². The molecule has 4 N–H and O–H groups in total. The lowest BCUT2D eigenvalue weighted by molar-refractivity contribution is 0.159. The molecule has 0 fully saturated rings. The highest BCUT2D eigenvalue weighted by Gasteiger charge is 2.25. The van der Waals surface area contributed by atoms with Gasteiger partial charge in [0.15, 0.2) is 0 Å². The molecule has 1 aromatic heterocycles. The largest absolute Gasteiger partial charge is 0.384 e. The third-order valence-electron chi connectivity index (χ3n) is 5.06. The second kappa shape index (κ2) is 7.85. The molecule has 1 aliphatic rings. The molecule has 0 unspecified atom stereocenters. The first-order valence-corrected chi connectivity index (χ1v) is 9.45. The van der Waals surface area contributed by atoms with Crippen LogP contribution in [0.5, 0.6) is 0 Å². The Kier molecular flexibility index (Phi) is 5.10. The van der Waals surface area contributed by atoms with Crippen LogP contribution in [0, 0.1) is 10.8 Å². The zero-order chi connectivity index (χ0) is 20.4. The molecule has 1 aliphatic heterocycles. The van der Waals surface area contributed by atoms with E-state index in [0.29, 0.717) is 24.7 Å². The molecule has 0 saturated heterocycles. The molecule has 6 heteroatoms. The van der Waals surface area contributed by atoms with Crippen LogP contribution in [0.2, 0.25) is 0 Å². The highest BCUT2D eigenvalue weighted by Crippen LogP contribution is 2.36. The van der Waals surface area contributed by atoms with Crippen molar-refractivity contribution in [2.24, 2.45) is 0 Å². The summed E-state index contributed by atoms with van der Waals surface area (Å²) < 4.78 is 5.80. The van der Waals surface area contributed by atoms with Gasteiger partial charge in [0.2, 0.25) is 0 Å². The molecular weight excluding hydrogens is 362 g/mol. The van der Waals surface area contributed by atoms with Gasteiger partial charge >= 0.3 is 0 Å². The molecule has 0 aliphatic carbocycles. The highest BCUT2D eigenvalue weighted by atomic mass is 16.5. The van der Waals surface area contributed by atoms with Crippen molar-refractivity contribution in [3.05, 3.63) is 77.5 Å². The molecule has 2 heterocycles. The highest BCUT2D eigenvalue weighted by molar-refractivity contribution is 6.17. The van der Waals surface area contributed by atoms with E-state index in [0.717, 1.165) is 27.9 Å². The number of aromatic nitrogens is 1. The summed E-state index contributed by atoms with van der Waals surface area (Å²) >= 11 is 0. The minimum atomic E-state index is 0.175. The van der Waals surface area contributed by atoms with E-state index in [-0.39, 0.29) is 12.4 Å². The molecule has 3 aromatic rings. The van der Waals surface area contributed by atoms with Crippen molar-refractivity contribution >= 4 is 23.2 Å². The summed E-state index contributed by atoms with van der Waals surface area (Å²) in [6.07, 6.45) is 2.50. The van der Waals surface area contributed by atoms with Gasteiger partial charge in [0.05, 0.1) is 12.3 Å². The van der Waals surface area contributed by atoms with Crippen molar-refractivity contribution in [3.63, 3.8) is 0 Å². The summed E-state index contributed by atoms with van der Waals surface area (Å²) in [5, 5.41) is 16.5. The summed E-state index contributed by atoms with van der Waals surface area (Å²) in [5.74, 6) is 1.05. The van der Waals surface area contributed by atoms with Crippen LogP contribution in [0.3, 0.4) is 0 Å².